The molecular formula is C36H42FN13O3S2. The zero-order valence-electron chi connectivity index (χ0n) is 30.4. The van der Waals surface area contributed by atoms with E-state index in [1.54, 1.807) is 6.20 Å². The van der Waals surface area contributed by atoms with E-state index in [2.05, 4.69) is 49.1 Å². The maximum absolute atomic E-state index is 13.1. The van der Waals surface area contributed by atoms with Crippen LogP contribution in [0.4, 0.5) is 37.7 Å². The predicted octanol–water partition coefficient (Wildman–Crippen LogP) is 4.72. The molecule has 16 nitrogen and oxygen atoms in total. The van der Waals surface area contributed by atoms with Crippen LogP contribution in [-0.4, -0.2) is 78.5 Å². The summed E-state index contributed by atoms with van der Waals surface area (Å²) in [5.74, 6) is 0.403. The molecule has 55 heavy (non-hydrogen) atoms. The van der Waals surface area contributed by atoms with Gasteiger partial charge in [-0.15, -0.1) is 0 Å². The maximum Gasteiger partial charge on any atom is 0.271 e. The summed E-state index contributed by atoms with van der Waals surface area (Å²) in [4.78, 5) is 57.7. The number of carbonyl (C=O) groups is 3. The smallest absolute Gasteiger partial charge is 0.271 e. The lowest BCUT2D eigenvalue weighted by molar-refractivity contribution is 0.0953. The lowest BCUT2D eigenvalue weighted by Crippen LogP contribution is -2.43. The van der Waals surface area contributed by atoms with E-state index in [1.807, 2.05) is 26.0 Å². The van der Waals surface area contributed by atoms with Gasteiger partial charge in [-0.25, -0.2) is 24.3 Å². The van der Waals surface area contributed by atoms with Crippen molar-refractivity contribution in [1.29, 1.82) is 0 Å². The second-order valence-corrected chi connectivity index (χ2v) is 15.0. The molecule has 0 bridgehead atoms. The Bertz CT molecular complexity index is 2150. The van der Waals surface area contributed by atoms with Gasteiger partial charge in [0.15, 0.2) is 28.8 Å². The minimum atomic E-state index is -0.672. The second kappa shape index (κ2) is 17.7. The van der Waals surface area contributed by atoms with E-state index < -0.39 is 11.8 Å². The molecule has 0 unspecified atom stereocenters. The molecule has 1 aromatic carbocycles. The van der Waals surface area contributed by atoms with Crippen LogP contribution in [0.25, 0.3) is 0 Å². The number of nitrogens with two attached hydrogens (primary N) is 3. The molecule has 6 heterocycles. The van der Waals surface area contributed by atoms with Crippen molar-refractivity contribution in [3.63, 3.8) is 0 Å². The number of hydrogen-bond acceptors (Lipinski definition) is 16. The van der Waals surface area contributed by atoms with Crippen LogP contribution in [0.2, 0.25) is 0 Å². The fraction of sp³-hybridized carbons (Fsp3) is 0.361. The number of nitrogens with one attached hydrogen (secondary N) is 2. The van der Waals surface area contributed by atoms with E-state index in [4.69, 9.17) is 17.2 Å². The number of rotatable bonds is 11. The lowest BCUT2D eigenvalue weighted by Gasteiger charge is -2.33. The van der Waals surface area contributed by atoms with Crippen LogP contribution in [0.5, 0.6) is 0 Å². The van der Waals surface area contributed by atoms with Crippen molar-refractivity contribution in [2.75, 3.05) is 46.6 Å². The number of carbonyl (C=O) groups excluding carboxylic acids is 3. The standard InChI is InChI=1S/C22H23FN6O2S.C14H19N7OS/c1-13-9-19(32-28-13)27-22-20(21(24)31)25-11-18(26-22)29-8-2-3-14(12-29)10-17(30)15-4-6-16(23)7-5-15;1-8-5-11(23-20-8)19-14-12(13(16)22)17-6-10(18-14)21-4-2-3-9(15)7-21/h4-7,9,11,14H,2-3,8,10,12H2,1H3,(H2,24,31)(H,26,27);5-6,9H,2-4,7,15H2,1H3,(H2,16,22)(H,18,19)/t14-;9-/m01/s1. The summed E-state index contributed by atoms with van der Waals surface area (Å²) in [5.41, 5.74) is 19.3. The van der Waals surface area contributed by atoms with Crippen LogP contribution in [0.15, 0.2) is 48.8 Å². The summed E-state index contributed by atoms with van der Waals surface area (Å²) in [7, 11) is 0. The van der Waals surface area contributed by atoms with Gasteiger partial charge in [-0.1, -0.05) is 0 Å². The first-order valence-electron chi connectivity index (χ1n) is 17.7. The van der Waals surface area contributed by atoms with Gasteiger partial charge in [-0.2, -0.15) is 8.75 Å². The van der Waals surface area contributed by atoms with E-state index in [-0.39, 0.29) is 40.8 Å². The number of primary amides is 2. The number of hydrogen-bond donors (Lipinski definition) is 5. The Morgan fingerprint density at radius 3 is 1.78 bits per heavy atom. The number of benzene rings is 1. The highest BCUT2D eigenvalue weighted by molar-refractivity contribution is 7.10. The van der Waals surface area contributed by atoms with Crippen molar-refractivity contribution in [3.8, 4) is 0 Å². The quantitative estimate of drug-likeness (QED) is 0.114. The molecule has 4 aromatic heterocycles. The first-order valence-corrected chi connectivity index (χ1v) is 19.2. The lowest BCUT2D eigenvalue weighted by atomic mass is 9.91. The van der Waals surface area contributed by atoms with E-state index in [0.29, 0.717) is 36.0 Å². The van der Waals surface area contributed by atoms with Crippen molar-refractivity contribution < 1.29 is 18.8 Å². The van der Waals surface area contributed by atoms with E-state index >= 15 is 0 Å². The van der Waals surface area contributed by atoms with Crippen LogP contribution in [0.1, 0.15) is 74.8 Å². The van der Waals surface area contributed by atoms with Crippen LogP contribution < -0.4 is 37.6 Å². The Morgan fingerprint density at radius 2 is 1.31 bits per heavy atom. The van der Waals surface area contributed by atoms with Crippen molar-refractivity contribution in [2.24, 2.45) is 23.1 Å². The van der Waals surface area contributed by atoms with Gasteiger partial charge < -0.3 is 37.6 Å². The van der Waals surface area contributed by atoms with Gasteiger partial charge in [0.1, 0.15) is 27.5 Å². The average molecular weight is 788 g/mol. The van der Waals surface area contributed by atoms with Gasteiger partial charge in [0.25, 0.3) is 11.8 Å². The molecule has 288 valence electrons. The van der Waals surface area contributed by atoms with Crippen LogP contribution in [-0.2, 0) is 0 Å². The van der Waals surface area contributed by atoms with Gasteiger partial charge in [0.05, 0.1) is 23.8 Å². The van der Waals surface area contributed by atoms with Gasteiger partial charge in [-0.05, 0) is 105 Å². The number of aromatic nitrogens is 6. The molecule has 5 aromatic rings. The largest absolute Gasteiger partial charge is 0.364 e. The highest BCUT2D eigenvalue weighted by atomic mass is 32.1. The summed E-state index contributed by atoms with van der Waals surface area (Å²) in [5, 5.41) is 7.70. The molecular weight excluding hydrogens is 746 g/mol. The third-order valence-electron chi connectivity index (χ3n) is 8.99. The highest BCUT2D eigenvalue weighted by Gasteiger charge is 2.26. The maximum atomic E-state index is 13.1. The fourth-order valence-electron chi connectivity index (χ4n) is 6.35. The highest BCUT2D eigenvalue weighted by Crippen LogP contribution is 2.29. The molecule has 7 rings (SSSR count). The Labute approximate surface area is 325 Å². The first-order chi connectivity index (χ1) is 26.4. The number of ketones is 1. The van der Waals surface area contributed by atoms with Crippen LogP contribution in [0, 0.1) is 25.6 Å². The molecule has 0 saturated carbocycles. The Kier molecular flexibility index (Phi) is 12.5. The molecule has 8 N–H and O–H groups in total. The van der Waals surface area contributed by atoms with Crippen molar-refractivity contribution in [3.05, 3.63) is 82.9 Å². The van der Waals surface area contributed by atoms with Gasteiger partial charge >= 0.3 is 0 Å². The number of aryl methyl sites for hydroxylation is 2. The van der Waals surface area contributed by atoms with Gasteiger partial charge in [0.2, 0.25) is 0 Å². The normalized spacial score (nSPS) is 16.9. The summed E-state index contributed by atoms with van der Waals surface area (Å²) < 4.78 is 21.5. The number of nitrogens with zero attached hydrogens (tertiary/aromatic N) is 8. The minimum Gasteiger partial charge on any atom is -0.364 e. The Morgan fingerprint density at radius 1 is 0.800 bits per heavy atom. The zero-order valence-corrected chi connectivity index (χ0v) is 32.0. The third-order valence-corrected chi connectivity index (χ3v) is 10.6. The number of anilines is 6. The summed E-state index contributed by atoms with van der Waals surface area (Å²) in [6, 6.07) is 9.49. The van der Waals surface area contributed by atoms with E-state index in [0.717, 1.165) is 66.7 Å². The molecule has 2 atom stereocenters. The van der Waals surface area contributed by atoms with E-state index in [1.165, 1.54) is 53.5 Å². The first kappa shape index (κ1) is 39.0. The van der Waals surface area contributed by atoms with Crippen LogP contribution >= 0.6 is 23.1 Å². The molecule has 0 radical (unpaired) electrons. The molecule has 0 spiro atoms. The number of halogens is 1. The van der Waals surface area contributed by atoms with Gasteiger partial charge in [-0.3, -0.25) is 14.4 Å². The Balaban J connectivity index is 0.000000197. The zero-order chi connectivity index (χ0) is 39.1. The number of Topliss-reactive ketones (excluding diaryl/α,β-unsaturated/α-hetero) is 1. The molecule has 2 aliphatic heterocycles. The molecule has 0 aliphatic carbocycles. The third kappa shape index (κ3) is 10.3. The SMILES string of the molecule is Cc1cc(Nc2nc(N3CCC[C@@H](CC(=O)c4ccc(F)cc4)C3)cnc2C(N)=O)sn1.Cc1cc(Nc2nc(N3CCC[C@@H](N)C3)cnc2C(N)=O)sn1. The summed E-state index contributed by atoms with van der Waals surface area (Å²) in [6.45, 7) is 6.77. The minimum absolute atomic E-state index is 0.00469. The summed E-state index contributed by atoms with van der Waals surface area (Å²) in [6.07, 6.45) is 7.32. The molecule has 19 heteroatoms. The molecule has 2 aliphatic rings. The monoisotopic (exact) mass is 787 g/mol. The summed E-state index contributed by atoms with van der Waals surface area (Å²) >= 11 is 2.55. The second-order valence-electron chi connectivity index (χ2n) is 13.4. The number of amides is 2. The Hall–Kier alpha value is -5.66. The van der Waals surface area contributed by atoms with Crippen LogP contribution in [0.3, 0.4) is 0 Å². The van der Waals surface area contributed by atoms with E-state index in [9.17, 15) is 18.8 Å². The molecule has 2 amide bonds. The predicted molar refractivity (Wildman–Crippen MR) is 211 cm³/mol. The van der Waals surface area contributed by atoms with Crippen molar-refractivity contribution >= 4 is 73.9 Å². The number of piperidine rings is 2. The molecule has 2 fully saturated rings. The van der Waals surface area contributed by atoms with Crippen molar-refractivity contribution in [1.82, 2.24) is 28.7 Å². The fourth-order valence-corrected chi connectivity index (χ4v) is 7.67. The molecule has 2 saturated heterocycles. The van der Waals surface area contributed by atoms with Crippen molar-refractivity contribution in [2.45, 2.75) is 52.0 Å². The average Bonchev–Trinajstić information content (AvgIpc) is 3.78. The topological polar surface area (TPSA) is 237 Å². The van der Waals surface area contributed by atoms with Gasteiger partial charge in [0, 0.05) is 44.2 Å².